The molecule has 1 saturated carbocycles. The fourth-order valence-electron chi connectivity index (χ4n) is 4.12. The molecule has 5 rings (SSSR count). The Hall–Kier alpha value is -3.23. The number of hydrazone groups is 1. The first-order valence-electron chi connectivity index (χ1n) is 8.19. The molecule has 2 N–H and O–H groups in total. The van der Waals surface area contributed by atoms with E-state index in [2.05, 4.69) is 5.10 Å². The Labute approximate surface area is 147 Å². The van der Waals surface area contributed by atoms with Crippen LogP contribution in [0.2, 0.25) is 0 Å². The molecule has 1 heterocycles. The van der Waals surface area contributed by atoms with Crippen LogP contribution in [0.25, 0.3) is 0 Å². The number of nitro groups is 1. The predicted molar refractivity (Wildman–Crippen MR) is 88.2 cm³/mol. The average molecular weight is 357 g/mol. The molecule has 2 bridgehead atoms. The van der Waals surface area contributed by atoms with E-state index in [1.54, 1.807) is 0 Å². The largest absolute Gasteiger partial charge is 0.507 e. The number of benzene rings is 1. The third-order valence-corrected chi connectivity index (χ3v) is 5.37. The van der Waals surface area contributed by atoms with Gasteiger partial charge in [-0.15, -0.1) is 0 Å². The summed E-state index contributed by atoms with van der Waals surface area (Å²) in [4.78, 5) is 35.3. The van der Waals surface area contributed by atoms with Gasteiger partial charge in [0, 0.05) is 17.7 Å². The molecule has 4 unspecified atom stereocenters. The number of hydrogen-bond donors (Lipinski definition) is 2. The first-order chi connectivity index (χ1) is 12.4. The highest BCUT2D eigenvalue weighted by molar-refractivity contribution is 6.06. The second kappa shape index (κ2) is 5.65. The normalized spacial score (nSPS) is 29.6. The number of nitro benzene ring substituents is 1. The first kappa shape index (κ1) is 16.2. The smallest absolute Gasteiger partial charge is 0.311 e. The SMILES string of the molecule is O=C1C2C3C=CC(CC3)C2C(=O)N1/N=C/c1cc([N+](=O)[O-])c(O)cc1O. The molecule has 2 amide bonds. The topological polar surface area (TPSA) is 133 Å². The van der Waals surface area contributed by atoms with Crippen LogP contribution in [0.15, 0.2) is 29.4 Å². The van der Waals surface area contributed by atoms with Crippen LogP contribution in [-0.4, -0.2) is 38.2 Å². The number of nitrogens with zero attached hydrogens (tertiary/aromatic N) is 3. The highest BCUT2D eigenvalue weighted by Crippen LogP contribution is 2.49. The number of hydrogen-bond acceptors (Lipinski definition) is 7. The minimum absolute atomic E-state index is 0.0322. The summed E-state index contributed by atoms with van der Waals surface area (Å²) >= 11 is 0. The number of amides is 2. The van der Waals surface area contributed by atoms with Gasteiger partial charge in [-0.05, 0) is 24.7 Å². The van der Waals surface area contributed by atoms with Gasteiger partial charge in [0.05, 0.1) is 23.0 Å². The lowest BCUT2D eigenvalue weighted by molar-refractivity contribution is -0.385. The lowest BCUT2D eigenvalue weighted by Gasteiger charge is -2.37. The number of phenols is 2. The van der Waals surface area contributed by atoms with E-state index in [4.69, 9.17) is 0 Å². The summed E-state index contributed by atoms with van der Waals surface area (Å²) in [5, 5.41) is 34.9. The van der Waals surface area contributed by atoms with E-state index in [9.17, 15) is 29.9 Å². The van der Waals surface area contributed by atoms with Gasteiger partial charge in [-0.1, -0.05) is 12.2 Å². The first-order valence-corrected chi connectivity index (χ1v) is 8.19. The van der Waals surface area contributed by atoms with Crippen molar-refractivity contribution in [3.8, 4) is 11.5 Å². The van der Waals surface area contributed by atoms with Crippen LogP contribution in [0.1, 0.15) is 18.4 Å². The van der Waals surface area contributed by atoms with Crippen molar-refractivity contribution >= 4 is 23.7 Å². The number of carbonyl (C=O) groups is 2. The van der Waals surface area contributed by atoms with E-state index in [1.165, 1.54) is 0 Å². The lowest BCUT2D eigenvalue weighted by atomic mass is 9.63. The maximum absolute atomic E-state index is 12.6. The van der Waals surface area contributed by atoms with Crippen LogP contribution < -0.4 is 0 Å². The van der Waals surface area contributed by atoms with Crippen LogP contribution >= 0.6 is 0 Å². The van der Waals surface area contributed by atoms with Crippen molar-refractivity contribution in [2.45, 2.75) is 12.8 Å². The third kappa shape index (κ3) is 2.27. The highest BCUT2D eigenvalue weighted by atomic mass is 16.6. The number of aromatic hydroxyl groups is 2. The van der Waals surface area contributed by atoms with Crippen LogP contribution in [0.5, 0.6) is 11.5 Å². The molecule has 0 spiro atoms. The van der Waals surface area contributed by atoms with E-state index in [-0.39, 0.29) is 29.2 Å². The minimum atomic E-state index is -0.809. The van der Waals surface area contributed by atoms with Crippen molar-refractivity contribution in [2.75, 3.05) is 0 Å². The number of rotatable bonds is 3. The Morgan fingerprint density at radius 3 is 2.15 bits per heavy atom. The zero-order chi connectivity index (χ0) is 18.6. The van der Waals surface area contributed by atoms with Crippen LogP contribution in [-0.2, 0) is 9.59 Å². The fraction of sp³-hybridized carbons (Fsp3) is 0.353. The van der Waals surface area contributed by atoms with Gasteiger partial charge in [-0.3, -0.25) is 19.7 Å². The average Bonchev–Trinajstić information content (AvgIpc) is 2.88. The molecule has 26 heavy (non-hydrogen) atoms. The maximum Gasteiger partial charge on any atom is 0.311 e. The summed E-state index contributed by atoms with van der Waals surface area (Å²) in [7, 11) is 0. The van der Waals surface area contributed by atoms with Gasteiger partial charge >= 0.3 is 5.69 Å². The van der Waals surface area contributed by atoms with Gasteiger partial charge in [-0.2, -0.15) is 10.1 Å². The Bertz CT molecular complexity index is 861. The number of imide groups is 1. The van der Waals surface area contributed by atoms with Crippen molar-refractivity contribution in [3.63, 3.8) is 0 Å². The van der Waals surface area contributed by atoms with Crippen molar-refractivity contribution in [2.24, 2.45) is 28.8 Å². The molecule has 2 fully saturated rings. The fourth-order valence-corrected chi connectivity index (χ4v) is 4.12. The molecule has 1 aliphatic heterocycles. The quantitative estimate of drug-likeness (QED) is 0.277. The van der Waals surface area contributed by atoms with Crippen molar-refractivity contribution in [3.05, 3.63) is 40.0 Å². The number of phenolic OH excluding ortho intramolecular Hbond substituents is 2. The summed E-state index contributed by atoms with van der Waals surface area (Å²) in [5.74, 6) is -2.67. The predicted octanol–water partition coefficient (Wildman–Crippen LogP) is 1.54. The van der Waals surface area contributed by atoms with Gasteiger partial charge in [0.25, 0.3) is 11.8 Å². The van der Waals surface area contributed by atoms with Crippen molar-refractivity contribution in [1.29, 1.82) is 0 Å². The molecule has 3 aliphatic carbocycles. The monoisotopic (exact) mass is 357 g/mol. The molecule has 1 aromatic rings. The highest BCUT2D eigenvalue weighted by Gasteiger charge is 2.56. The van der Waals surface area contributed by atoms with Crippen LogP contribution in [0, 0.1) is 33.8 Å². The van der Waals surface area contributed by atoms with Gasteiger partial charge in [-0.25, -0.2) is 0 Å². The van der Waals surface area contributed by atoms with Gasteiger partial charge < -0.3 is 10.2 Å². The molecular formula is C17H15N3O6. The molecule has 4 atom stereocenters. The van der Waals surface area contributed by atoms with Gasteiger partial charge in [0.15, 0.2) is 5.75 Å². The Morgan fingerprint density at radius 1 is 1.08 bits per heavy atom. The third-order valence-electron chi connectivity index (χ3n) is 5.37. The van der Waals surface area contributed by atoms with E-state index < -0.39 is 33.9 Å². The molecule has 134 valence electrons. The van der Waals surface area contributed by atoms with E-state index in [1.807, 2.05) is 12.2 Å². The van der Waals surface area contributed by atoms with E-state index in [0.29, 0.717) is 0 Å². The molecular weight excluding hydrogens is 342 g/mol. The van der Waals surface area contributed by atoms with E-state index in [0.717, 1.165) is 36.2 Å². The molecule has 0 radical (unpaired) electrons. The summed E-state index contributed by atoms with van der Waals surface area (Å²) < 4.78 is 0. The summed E-state index contributed by atoms with van der Waals surface area (Å²) in [6, 6.07) is 1.74. The Kier molecular flexibility index (Phi) is 3.53. The number of carbonyl (C=O) groups excluding carboxylic acids is 2. The molecule has 1 saturated heterocycles. The summed E-state index contributed by atoms with van der Waals surface area (Å²) in [6.45, 7) is 0. The second-order valence-corrected chi connectivity index (χ2v) is 6.73. The molecule has 1 aromatic carbocycles. The maximum atomic E-state index is 12.6. The standard InChI is InChI=1S/C17H15N3O6/c21-12-6-13(22)11(20(25)26)5-10(12)7-18-19-16(23)14-8-1-2-9(4-3-8)15(14)17(19)24/h1-2,5-9,14-15,21-22H,3-4H2/b18-7+. The van der Waals surface area contributed by atoms with Crippen LogP contribution in [0.3, 0.4) is 0 Å². The zero-order valence-corrected chi connectivity index (χ0v) is 13.5. The lowest BCUT2D eigenvalue weighted by Crippen LogP contribution is -2.38. The Balaban J connectivity index is 1.64. The molecule has 4 aliphatic rings. The van der Waals surface area contributed by atoms with Gasteiger partial charge in [0.1, 0.15) is 5.75 Å². The summed E-state index contributed by atoms with van der Waals surface area (Å²) in [5.41, 5.74) is -0.690. The number of fused-ring (bicyclic) bond motifs is 1. The molecule has 9 heteroatoms. The van der Waals surface area contributed by atoms with Crippen LogP contribution in [0.4, 0.5) is 5.69 Å². The van der Waals surface area contributed by atoms with Gasteiger partial charge in [0.2, 0.25) is 0 Å². The second-order valence-electron chi connectivity index (χ2n) is 6.73. The van der Waals surface area contributed by atoms with Crippen molar-refractivity contribution < 1.29 is 24.7 Å². The molecule has 0 aromatic heterocycles. The van der Waals surface area contributed by atoms with E-state index >= 15 is 0 Å². The zero-order valence-electron chi connectivity index (χ0n) is 13.5. The van der Waals surface area contributed by atoms with Crippen molar-refractivity contribution in [1.82, 2.24) is 5.01 Å². The summed E-state index contributed by atoms with van der Waals surface area (Å²) in [6.07, 6.45) is 6.73. The minimum Gasteiger partial charge on any atom is -0.507 e. The molecule has 9 nitrogen and oxygen atoms in total. The Morgan fingerprint density at radius 2 is 1.65 bits per heavy atom. The number of allylic oxidation sites excluding steroid dienone is 2.